The normalized spacial score (nSPS) is 17.3. The average Bonchev–Trinajstić information content (AvgIpc) is 2.39. The fourth-order valence-electron chi connectivity index (χ4n) is 2.20. The Balaban J connectivity index is 0.00000137. The Morgan fingerprint density at radius 1 is 1.22 bits per heavy atom. The molecule has 5 N–H and O–H groups in total. The average molecular weight is 257 g/mol. The molecule has 0 heterocycles. The first kappa shape index (κ1) is 16.9. The number of hydrogen-bond donors (Lipinski definition) is 3. The Morgan fingerprint density at radius 3 is 2.28 bits per heavy atom. The van der Waals surface area contributed by atoms with E-state index in [0.29, 0.717) is 5.92 Å². The van der Waals surface area contributed by atoms with E-state index in [0.717, 1.165) is 12.8 Å². The molecule has 0 aromatic heterocycles. The third-order valence-electron chi connectivity index (χ3n) is 3.14. The van der Waals surface area contributed by atoms with E-state index in [1.165, 1.54) is 19.3 Å². The van der Waals surface area contributed by atoms with Gasteiger partial charge in [0.1, 0.15) is 0 Å². The Bertz CT molecular complexity index is 251. The van der Waals surface area contributed by atoms with Crippen LogP contribution in [0.15, 0.2) is 0 Å². The van der Waals surface area contributed by atoms with Crippen LogP contribution in [-0.2, 0) is 9.59 Å². The number of carbonyl (C=O) groups excluding carboxylic acids is 2. The van der Waals surface area contributed by atoms with Crippen molar-refractivity contribution in [3.63, 3.8) is 0 Å². The summed E-state index contributed by atoms with van der Waals surface area (Å²) in [5.41, 5.74) is 10.9. The first-order chi connectivity index (χ1) is 8.59. The van der Waals surface area contributed by atoms with Gasteiger partial charge in [0.15, 0.2) is 0 Å². The molecule has 1 aliphatic rings. The summed E-state index contributed by atoms with van der Waals surface area (Å²) < 4.78 is 0. The molecule has 0 bridgehead atoms. The number of carbonyl (C=O) groups is 2. The number of amides is 2. The largest absolute Gasteiger partial charge is 0.368 e. The third kappa shape index (κ3) is 7.27. The van der Waals surface area contributed by atoms with Gasteiger partial charge in [-0.15, -0.1) is 0 Å². The van der Waals surface area contributed by atoms with Crippen molar-refractivity contribution in [1.82, 2.24) is 5.32 Å². The maximum atomic E-state index is 11.4. The van der Waals surface area contributed by atoms with Crippen LogP contribution >= 0.6 is 0 Å². The van der Waals surface area contributed by atoms with E-state index >= 15 is 0 Å². The highest BCUT2D eigenvalue weighted by molar-refractivity contribution is 5.83. The first-order valence-corrected chi connectivity index (χ1v) is 6.90. The van der Waals surface area contributed by atoms with Crippen LogP contribution in [0.1, 0.15) is 52.4 Å². The lowest BCUT2D eigenvalue weighted by Crippen LogP contribution is -2.40. The highest BCUT2D eigenvalue weighted by Gasteiger charge is 2.22. The molecule has 0 radical (unpaired) electrons. The molecule has 5 nitrogen and oxygen atoms in total. The highest BCUT2D eigenvalue weighted by Crippen LogP contribution is 2.26. The van der Waals surface area contributed by atoms with Gasteiger partial charge in [-0.25, -0.2) is 0 Å². The van der Waals surface area contributed by atoms with Crippen molar-refractivity contribution in [1.29, 1.82) is 0 Å². The second-order valence-corrected chi connectivity index (χ2v) is 4.51. The van der Waals surface area contributed by atoms with E-state index in [2.05, 4.69) is 5.32 Å². The maximum absolute atomic E-state index is 11.4. The SMILES string of the molecule is CC.NC(=O)CNC(=O)CC(N)C1CCCCC1. The molecule has 1 rings (SSSR count). The van der Waals surface area contributed by atoms with Crippen LogP contribution in [0.5, 0.6) is 0 Å². The molecule has 0 aromatic carbocycles. The molecule has 2 amide bonds. The van der Waals surface area contributed by atoms with Gasteiger partial charge in [-0.05, 0) is 18.8 Å². The van der Waals surface area contributed by atoms with Crippen LogP contribution < -0.4 is 16.8 Å². The van der Waals surface area contributed by atoms with Crippen LogP contribution in [-0.4, -0.2) is 24.4 Å². The van der Waals surface area contributed by atoms with Gasteiger partial charge in [0.05, 0.1) is 6.54 Å². The lowest BCUT2D eigenvalue weighted by molar-refractivity contribution is -0.125. The molecule has 0 spiro atoms. The van der Waals surface area contributed by atoms with Crippen LogP contribution in [0.4, 0.5) is 0 Å². The van der Waals surface area contributed by atoms with Crippen LogP contribution in [0.3, 0.4) is 0 Å². The smallest absolute Gasteiger partial charge is 0.236 e. The van der Waals surface area contributed by atoms with Gasteiger partial charge in [0.25, 0.3) is 0 Å². The summed E-state index contributed by atoms with van der Waals surface area (Å²) in [6.07, 6.45) is 6.21. The topological polar surface area (TPSA) is 98.2 Å². The van der Waals surface area contributed by atoms with Crippen molar-refractivity contribution in [3.05, 3.63) is 0 Å². The van der Waals surface area contributed by atoms with Crippen LogP contribution in [0.2, 0.25) is 0 Å². The summed E-state index contributed by atoms with van der Waals surface area (Å²) in [4.78, 5) is 21.9. The fourth-order valence-corrected chi connectivity index (χ4v) is 2.20. The van der Waals surface area contributed by atoms with Crippen molar-refractivity contribution in [3.8, 4) is 0 Å². The van der Waals surface area contributed by atoms with Crippen LogP contribution in [0, 0.1) is 5.92 Å². The minimum absolute atomic E-state index is 0.0897. The molecule has 1 unspecified atom stereocenters. The number of nitrogens with one attached hydrogen (secondary N) is 1. The summed E-state index contributed by atoms with van der Waals surface area (Å²) in [7, 11) is 0. The van der Waals surface area contributed by atoms with E-state index in [1.54, 1.807) is 0 Å². The summed E-state index contributed by atoms with van der Waals surface area (Å²) in [6.45, 7) is 3.90. The third-order valence-corrected chi connectivity index (χ3v) is 3.14. The minimum Gasteiger partial charge on any atom is -0.368 e. The van der Waals surface area contributed by atoms with E-state index < -0.39 is 5.91 Å². The van der Waals surface area contributed by atoms with Gasteiger partial charge in [0.2, 0.25) is 11.8 Å². The molecule has 1 saturated carbocycles. The quantitative estimate of drug-likeness (QED) is 0.682. The minimum atomic E-state index is -0.528. The van der Waals surface area contributed by atoms with Crippen LogP contribution in [0.25, 0.3) is 0 Å². The molecule has 0 aromatic rings. The Labute approximate surface area is 110 Å². The summed E-state index contributed by atoms with van der Waals surface area (Å²) in [5.74, 6) is -0.260. The van der Waals surface area contributed by atoms with E-state index in [-0.39, 0.29) is 24.9 Å². The molecule has 0 aliphatic heterocycles. The number of primary amides is 1. The van der Waals surface area contributed by atoms with Crippen molar-refractivity contribution < 1.29 is 9.59 Å². The zero-order valence-electron chi connectivity index (χ0n) is 11.6. The molecule has 106 valence electrons. The highest BCUT2D eigenvalue weighted by atomic mass is 16.2. The second-order valence-electron chi connectivity index (χ2n) is 4.51. The molecule has 18 heavy (non-hydrogen) atoms. The second kappa shape index (κ2) is 9.88. The van der Waals surface area contributed by atoms with Crippen molar-refractivity contribution in [2.75, 3.05) is 6.54 Å². The van der Waals surface area contributed by atoms with Crippen molar-refractivity contribution in [2.45, 2.75) is 58.4 Å². The van der Waals surface area contributed by atoms with Gasteiger partial charge < -0.3 is 16.8 Å². The predicted octanol–water partition coefficient (Wildman–Crippen LogP) is 0.912. The summed E-state index contributed by atoms with van der Waals surface area (Å²) in [5, 5.41) is 2.46. The molecule has 1 fully saturated rings. The Hall–Kier alpha value is -1.10. The Morgan fingerprint density at radius 2 is 1.78 bits per heavy atom. The van der Waals surface area contributed by atoms with E-state index in [1.807, 2.05) is 13.8 Å². The molecular formula is C13H27N3O2. The van der Waals surface area contributed by atoms with E-state index in [9.17, 15) is 9.59 Å². The van der Waals surface area contributed by atoms with E-state index in [4.69, 9.17) is 11.5 Å². The number of rotatable bonds is 5. The lowest BCUT2D eigenvalue weighted by Gasteiger charge is -2.26. The van der Waals surface area contributed by atoms with Crippen molar-refractivity contribution >= 4 is 11.8 Å². The zero-order valence-corrected chi connectivity index (χ0v) is 11.6. The summed E-state index contributed by atoms with van der Waals surface area (Å²) >= 11 is 0. The lowest BCUT2D eigenvalue weighted by atomic mass is 9.83. The molecule has 1 aliphatic carbocycles. The maximum Gasteiger partial charge on any atom is 0.236 e. The van der Waals surface area contributed by atoms with Gasteiger partial charge in [-0.3, -0.25) is 9.59 Å². The van der Waals surface area contributed by atoms with Gasteiger partial charge in [-0.2, -0.15) is 0 Å². The number of hydrogen-bond acceptors (Lipinski definition) is 3. The molecule has 0 saturated heterocycles. The standard InChI is InChI=1S/C11H21N3O2.C2H6/c12-9(8-4-2-1-3-5-8)6-11(16)14-7-10(13)15;1-2/h8-9H,1-7,12H2,(H2,13,15)(H,14,16);1-2H3. The zero-order chi connectivity index (χ0) is 14.0. The molecular weight excluding hydrogens is 230 g/mol. The predicted molar refractivity (Wildman–Crippen MR) is 72.7 cm³/mol. The first-order valence-electron chi connectivity index (χ1n) is 6.90. The van der Waals surface area contributed by atoms with Crippen molar-refractivity contribution in [2.24, 2.45) is 17.4 Å². The molecule has 1 atom stereocenters. The van der Waals surface area contributed by atoms with Gasteiger partial charge >= 0.3 is 0 Å². The Kier molecular flexibility index (Phi) is 9.28. The molecule has 5 heteroatoms. The summed E-state index contributed by atoms with van der Waals surface area (Å²) in [6, 6.07) is -0.0897. The monoisotopic (exact) mass is 257 g/mol. The van der Waals surface area contributed by atoms with Gasteiger partial charge in [-0.1, -0.05) is 33.1 Å². The fraction of sp³-hybridized carbons (Fsp3) is 0.846. The number of nitrogens with two attached hydrogens (primary N) is 2. The van der Waals surface area contributed by atoms with Gasteiger partial charge in [0, 0.05) is 12.5 Å².